The molecule has 16 heavy (non-hydrogen) atoms. The summed E-state index contributed by atoms with van der Waals surface area (Å²) in [5.41, 5.74) is 0. The van der Waals surface area contributed by atoms with Gasteiger partial charge in [0.1, 0.15) is 0 Å². The number of piperidine rings is 1. The van der Waals surface area contributed by atoms with Crippen molar-refractivity contribution < 1.29 is 4.74 Å². The zero-order chi connectivity index (χ0) is 11.8. The Hall–Kier alpha value is -0.350. The van der Waals surface area contributed by atoms with Crippen molar-refractivity contribution in [2.75, 3.05) is 33.4 Å². The maximum absolute atomic E-state index is 5.35. The Kier molecular flexibility index (Phi) is 6.73. The Balaban J connectivity index is 2.17. The van der Waals surface area contributed by atoms with Crippen molar-refractivity contribution in [2.45, 2.75) is 32.6 Å². The average Bonchev–Trinajstić information content (AvgIpc) is 2.30. The van der Waals surface area contributed by atoms with Gasteiger partial charge in [-0.1, -0.05) is 19.8 Å². The van der Waals surface area contributed by atoms with Gasteiger partial charge in [0.2, 0.25) is 0 Å². The van der Waals surface area contributed by atoms with Gasteiger partial charge in [-0.2, -0.15) is 0 Å². The van der Waals surface area contributed by atoms with E-state index in [1.165, 1.54) is 25.7 Å². The van der Waals surface area contributed by atoms with Crippen LogP contribution in [-0.2, 0) is 4.74 Å². The second kappa shape index (κ2) is 7.85. The zero-order valence-corrected chi connectivity index (χ0v) is 11.3. The van der Waals surface area contributed by atoms with Crippen LogP contribution >= 0.6 is 12.2 Å². The molecule has 1 fully saturated rings. The number of hydrogen-bond donors (Lipinski definition) is 1. The third kappa shape index (κ3) is 4.66. The fraction of sp³-hybridized carbons (Fsp3) is 0.917. The summed E-state index contributed by atoms with van der Waals surface area (Å²) < 4.78 is 4.99. The summed E-state index contributed by atoms with van der Waals surface area (Å²) in [5, 5.41) is 4.13. The van der Waals surface area contributed by atoms with E-state index in [-0.39, 0.29) is 0 Å². The van der Waals surface area contributed by atoms with E-state index >= 15 is 0 Å². The molecule has 0 aromatic rings. The lowest BCUT2D eigenvalue weighted by Gasteiger charge is -2.33. The summed E-state index contributed by atoms with van der Waals surface area (Å²) in [5.74, 6) is 0.919. The Morgan fingerprint density at radius 3 is 2.69 bits per heavy atom. The van der Waals surface area contributed by atoms with Crippen LogP contribution in [-0.4, -0.2) is 43.4 Å². The van der Waals surface area contributed by atoms with Crippen LogP contribution in [0.25, 0.3) is 0 Å². The van der Waals surface area contributed by atoms with Gasteiger partial charge in [0.25, 0.3) is 0 Å². The summed E-state index contributed by atoms with van der Waals surface area (Å²) in [6, 6.07) is 0. The third-order valence-corrected chi connectivity index (χ3v) is 3.58. The maximum atomic E-state index is 5.35. The van der Waals surface area contributed by atoms with Gasteiger partial charge in [-0.25, -0.2) is 0 Å². The molecule has 1 rings (SSSR count). The third-order valence-electron chi connectivity index (χ3n) is 3.18. The van der Waals surface area contributed by atoms with Crippen molar-refractivity contribution >= 4 is 17.3 Å². The van der Waals surface area contributed by atoms with Crippen LogP contribution in [0.1, 0.15) is 32.6 Å². The first-order valence-electron chi connectivity index (χ1n) is 6.29. The van der Waals surface area contributed by atoms with Crippen LogP contribution in [0.15, 0.2) is 0 Å². The summed E-state index contributed by atoms with van der Waals surface area (Å²) >= 11 is 5.35. The van der Waals surface area contributed by atoms with Gasteiger partial charge < -0.3 is 15.0 Å². The molecule has 4 heteroatoms. The Labute approximate surface area is 105 Å². The minimum absolute atomic E-state index is 0.715. The van der Waals surface area contributed by atoms with Crippen LogP contribution in [0.5, 0.6) is 0 Å². The number of ether oxygens (including phenoxy) is 1. The molecule has 0 aromatic heterocycles. The van der Waals surface area contributed by atoms with Crippen LogP contribution in [0.3, 0.4) is 0 Å². The van der Waals surface area contributed by atoms with Crippen molar-refractivity contribution in [2.24, 2.45) is 5.92 Å². The van der Waals surface area contributed by atoms with Gasteiger partial charge >= 0.3 is 0 Å². The molecule has 0 spiro atoms. The van der Waals surface area contributed by atoms with E-state index in [9.17, 15) is 0 Å². The van der Waals surface area contributed by atoms with Crippen molar-refractivity contribution in [3.8, 4) is 0 Å². The standard InChI is InChI=1S/C12H24N2OS/c1-3-4-11-5-8-14(9-6-11)12(16)13-7-10-15-2/h11H,3-10H2,1-2H3,(H,13,16). The topological polar surface area (TPSA) is 24.5 Å². The first kappa shape index (κ1) is 13.7. The second-order valence-corrected chi connectivity index (χ2v) is 4.83. The number of nitrogens with zero attached hydrogens (tertiary/aromatic N) is 1. The number of nitrogens with one attached hydrogen (secondary N) is 1. The minimum Gasteiger partial charge on any atom is -0.383 e. The lowest BCUT2D eigenvalue weighted by atomic mass is 9.93. The Bertz CT molecular complexity index is 203. The maximum Gasteiger partial charge on any atom is 0.169 e. The molecule has 0 unspecified atom stereocenters. The quantitative estimate of drug-likeness (QED) is 0.591. The molecule has 0 aromatic carbocycles. The minimum atomic E-state index is 0.715. The lowest BCUT2D eigenvalue weighted by Crippen LogP contribution is -2.45. The van der Waals surface area contributed by atoms with E-state index in [0.717, 1.165) is 30.7 Å². The second-order valence-electron chi connectivity index (χ2n) is 4.44. The first-order valence-corrected chi connectivity index (χ1v) is 6.70. The molecule has 1 aliphatic rings. The predicted molar refractivity (Wildman–Crippen MR) is 71.7 cm³/mol. The number of thiocarbonyl (C=S) groups is 1. The molecule has 0 saturated carbocycles. The summed E-state index contributed by atoms with van der Waals surface area (Å²) in [4.78, 5) is 2.29. The van der Waals surface area contributed by atoms with Gasteiger partial charge in [0, 0.05) is 26.7 Å². The van der Waals surface area contributed by atoms with Crippen LogP contribution in [0, 0.1) is 5.92 Å². The van der Waals surface area contributed by atoms with E-state index in [2.05, 4.69) is 17.1 Å². The highest BCUT2D eigenvalue weighted by Crippen LogP contribution is 2.21. The monoisotopic (exact) mass is 244 g/mol. The number of hydrogen-bond acceptors (Lipinski definition) is 2. The van der Waals surface area contributed by atoms with Crippen LogP contribution in [0.2, 0.25) is 0 Å². The van der Waals surface area contributed by atoms with Gasteiger partial charge in [-0.05, 0) is 31.0 Å². The van der Waals surface area contributed by atoms with Crippen LogP contribution in [0.4, 0.5) is 0 Å². The van der Waals surface area contributed by atoms with Gasteiger partial charge in [-0.15, -0.1) is 0 Å². The summed E-state index contributed by atoms with van der Waals surface area (Å²) in [6.07, 6.45) is 5.26. The summed E-state index contributed by atoms with van der Waals surface area (Å²) in [6.45, 7) is 6.02. The highest BCUT2D eigenvalue weighted by molar-refractivity contribution is 7.80. The smallest absolute Gasteiger partial charge is 0.169 e. The number of likely N-dealkylation sites (tertiary alicyclic amines) is 1. The normalized spacial score (nSPS) is 17.5. The molecule has 0 bridgehead atoms. The van der Waals surface area contributed by atoms with E-state index in [1.54, 1.807) is 7.11 Å². The first-order chi connectivity index (χ1) is 7.77. The van der Waals surface area contributed by atoms with Crippen molar-refractivity contribution in [3.05, 3.63) is 0 Å². The molecule has 3 nitrogen and oxygen atoms in total. The van der Waals surface area contributed by atoms with Crippen molar-refractivity contribution in [1.82, 2.24) is 10.2 Å². The van der Waals surface area contributed by atoms with Gasteiger partial charge in [0.15, 0.2) is 5.11 Å². The van der Waals surface area contributed by atoms with E-state index in [4.69, 9.17) is 17.0 Å². The highest BCUT2D eigenvalue weighted by atomic mass is 32.1. The molecule has 1 heterocycles. The van der Waals surface area contributed by atoms with Gasteiger partial charge in [0.05, 0.1) is 6.61 Å². The molecule has 1 saturated heterocycles. The lowest BCUT2D eigenvalue weighted by molar-refractivity contribution is 0.201. The Morgan fingerprint density at radius 2 is 2.12 bits per heavy atom. The SMILES string of the molecule is CCCC1CCN(C(=S)NCCOC)CC1. The van der Waals surface area contributed by atoms with Crippen molar-refractivity contribution in [3.63, 3.8) is 0 Å². The van der Waals surface area contributed by atoms with Gasteiger partial charge in [-0.3, -0.25) is 0 Å². The zero-order valence-electron chi connectivity index (χ0n) is 10.5. The number of rotatable bonds is 5. The van der Waals surface area contributed by atoms with E-state index in [0.29, 0.717) is 6.61 Å². The predicted octanol–water partition coefficient (Wildman–Crippen LogP) is 2.02. The molecule has 1 aliphatic heterocycles. The molecule has 0 radical (unpaired) electrons. The highest BCUT2D eigenvalue weighted by Gasteiger charge is 2.19. The molecular formula is C12H24N2OS. The molecule has 0 amide bonds. The molecule has 0 aliphatic carbocycles. The molecule has 0 atom stereocenters. The number of methoxy groups -OCH3 is 1. The fourth-order valence-electron chi connectivity index (χ4n) is 2.20. The Morgan fingerprint density at radius 1 is 1.44 bits per heavy atom. The van der Waals surface area contributed by atoms with E-state index in [1.807, 2.05) is 0 Å². The fourth-order valence-corrected chi connectivity index (χ4v) is 2.49. The average molecular weight is 244 g/mol. The molecule has 94 valence electrons. The largest absolute Gasteiger partial charge is 0.383 e. The van der Waals surface area contributed by atoms with Crippen molar-refractivity contribution in [1.29, 1.82) is 0 Å². The molecular weight excluding hydrogens is 220 g/mol. The summed E-state index contributed by atoms with van der Waals surface area (Å²) in [7, 11) is 1.71. The van der Waals surface area contributed by atoms with E-state index < -0.39 is 0 Å². The van der Waals surface area contributed by atoms with Crippen LogP contribution < -0.4 is 5.32 Å². The molecule has 1 N–H and O–H groups in total.